The number of hydrogen-bond donors (Lipinski definition) is 0. The molecule has 0 amide bonds. The molecule has 0 aliphatic carbocycles. The summed E-state index contributed by atoms with van der Waals surface area (Å²) in [6, 6.07) is 11.1. The number of halogens is 1. The number of nitro groups is 1. The van der Waals surface area contributed by atoms with Gasteiger partial charge < -0.3 is 9.47 Å². The maximum Gasteiger partial charge on any atom is 0.338 e. The van der Waals surface area contributed by atoms with Crippen LogP contribution < -0.4 is 4.74 Å². The number of aryl methyl sites for hydroxylation is 1. The first kappa shape index (κ1) is 16.8. The van der Waals surface area contributed by atoms with Crippen LogP contribution in [0.4, 0.5) is 5.69 Å². The van der Waals surface area contributed by atoms with Crippen molar-refractivity contribution in [1.29, 1.82) is 0 Å². The van der Waals surface area contributed by atoms with Gasteiger partial charge in [0.25, 0.3) is 5.69 Å². The van der Waals surface area contributed by atoms with E-state index < -0.39 is 10.9 Å². The van der Waals surface area contributed by atoms with Crippen molar-refractivity contribution >= 4 is 23.3 Å². The summed E-state index contributed by atoms with van der Waals surface area (Å²) in [6.07, 6.45) is 0. The third kappa shape index (κ3) is 4.43. The largest absolute Gasteiger partial charge is 0.488 e. The molecular weight excluding hydrogens is 322 g/mol. The van der Waals surface area contributed by atoms with E-state index in [4.69, 9.17) is 21.1 Å². The predicted octanol–water partition coefficient (Wildman–Crippen LogP) is 3.79. The van der Waals surface area contributed by atoms with Gasteiger partial charge in [0.1, 0.15) is 19.0 Å². The zero-order chi connectivity index (χ0) is 16.8. The highest BCUT2D eigenvalue weighted by Crippen LogP contribution is 2.23. The Labute approximate surface area is 137 Å². The van der Waals surface area contributed by atoms with Gasteiger partial charge in [0.15, 0.2) is 0 Å². The lowest BCUT2D eigenvalue weighted by atomic mass is 10.1. The summed E-state index contributed by atoms with van der Waals surface area (Å²) in [7, 11) is 0. The lowest BCUT2D eigenvalue weighted by Gasteiger charge is -2.09. The van der Waals surface area contributed by atoms with E-state index in [0.29, 0.717) is 16.3 Å². The van der Waals surface area contributed by atoms with Crippen LogP contribution in [0.3, 0.4) is 0 Å². The summed E-state index contributed by atoms with van der Waals surface area (Å²) in [6.45, 7) is 1.76. The van der Waals surface area contributed by atoms with Gasteiger partial charge in [0.2, 0.25) is 0 Å². The van der Waals surface area contributed by atoms with E-state index in [1.165, 1.54) is 18.2 Å². The van der Waals surface area contributed by atoms with Gasteiger partial charge >= 0.3 is 5.97 Å². The van der Waals surface area contributed by atoms with Crippen LogP contribution in [0.2, 0.25) is 5.02 Å². The van der Waals surface area contributed by atoms with E-state index in [9.17, 15) is 14.9 Å². The molecule has 0 bridgehead atoms. The average Bonchev–Trinajstić information content (AvgIpc) is 2.52. The summed E-state index contributed by atoms with van der Waals surface area (Å²) in [5.41, 5.74) is 0.617. The second kappa shape index (κ2) is 7.60. The van der Waals surface area contributed by atoms with Crippen molar-refractivity contribution in [3.8, 4) is 5.75 Å². The zero-order valence-corrected chi connectivity index (χ0v) is 13.1. The molecule has 0 fully saturated rings. The lowest BCUT2D eigenvalue weighted by molar-refractivity contribution is -0.385. The molecule has 0 aliphatic heterocycles. The van der Waals surface area contributed by atoms with Crippen molar-refractivity contribution in [2.75, 3.05) is 13.2 Å². The normalized spacial score (nSPS) is 10.2. The Morgan fingerprint density at radius 2 is 1.96 bits per heavy atom. The van der Waals surface area contributed by atoms with Crippen LogP contribution >= 0.6 is 11.6 Å². The predicted molar refractivity (Wildman–Crippen MR) is 85.1 cm³/mol. The van der Waals surface area contributed by atoms with E-state index in [2.05, 4.69) is 0 Å². The third-order valence-corrected chi connectivity index (χ3v) is 3.35. The van der Waals surface area contributed by atoms with Crippen molar-refractivity contribution in [2.45, 2.75) is 6.92 Å². The van der Waals surface area contributed by atoms with Gasteiger partial charge in [-0.3, -0.25) is 10.1 Å². The van der Waals surface area contributed by atoms with Gasteiger partial charge in [0.05, 0.1) is 15.5 Å². The van der Waals surface area contributed by atoms with Crippen LogP contribution in [-0.4, -0.2) is 24.1 Å². The van der Waals surface area contributed by atoms with Crippen molar-refractivity contribution < 1.29 is 19.2 Å². The molecule has 0 N–H and O–H groups in total. The standard InChI is InChI=1S/C16H14ClNO5/c1-11-10-12(6-7-14(11)18(20)21)16(19)23-9-8-22-15-5-3-2-4-13(15)17/h2-7,10H,8-9H2,1H3. The van der Waals surface area contributed by atoms with Crippen molar-refractivity contribution in [3.05, 3.63) is 68.7 Å². The summed E-state index contributed by atoms with van der Waals surface area (Å²) in [5, 5.41) is 11.2. The maximum absolute atomic E-state index is 11.9. The third-order valence-electron chi connectivity index (χ3n) is 3.04. The molecular formula is C16H14ClNO5. The van der Waals surface area contributed by atoms with Crippen LogP contribution in [-0.2, 0) is 4.74 Å². The minimum absolute atomic E-state index is 0.0383. The second-order valence-corrected chi connectivity index (χ2v) is 5.08. The Bertz CT molecular complexity index is 732. The number of carbonyl (C=O) groups is 1. The highest BCUT2D eigenvalue weighted by atomic mass is 35.5. The van der Waals surface area contributed by atoms with Gasteiger partial charge in [-0.2, -0.15) is 0 Å². The van der Waals surface area contributed by atoms with E-state index in [-0.39, 0.29) is 24.5 Å². The van der Waals surface area contributed by atoms with Crippen LogP contribution in [0.5, 0.6) is 5.75 Å². The lowest BCUT2D eigenvalue weighted by Crippen LogP contribution is -2.12. The van der Waals surface area contributed by atoms with Crippen LogP contribution in [0.15, 0.2) is 42.5 Å². The van der Waals surface area contributed by atoms with Crippen molar-refractivity contribution in [2.24, 2.45) is 0 Å². The number of carbonyl (C=O) groups excluding carboxylic acids is 1. The molecule has 0 saturated heterocycles. The van der Waals surface area contributed by atoms with E-state index in [1.54, 1.807) is 31.2 Å². The molecule has 0 unspecified atom stereocenters. The molecule has 0 saturated carbocycles. The molecule has 0 aliphatic rings. The SMILES string of the molecule is Cc1cc(C(=O)OCCOc2ccccc2Cl)ccc1[N+](=O)[O-]. The molecule has 2 aromatic rings. The number of nitro benzene ring substituents is 1. The molecule has 6 nitrogen and oxygen atoms in total. The molecule has 2 aromatic carbocycles. The fraction of sp³-hybridized carbons (Fsp3) is 0.188. The molecule has 0 heterocycles. The molecule has 2 rings (SSSR count). The number of esters is 1. The fourth-order valence-corrected chi connectivity index (χ4v) is 2.11. The van der Waals surface area contributed by atoms with Gasteiger partial charge in [-0.25, -0.2) is 4.79 Å². The number of ether oxygens (including phenoxy) is 2. The number of benzene rings is 2. The quantitative estimate of drug-likeness (QED) is 0.347. The van der Waals surface area contributed by atoms with Gasteiger partial charge in [-0.15, -0.1) is 0 Å². The molecule has 120 valence electrons. The van der Waals surface area contributed by atoms with E-state index in [0.717, 1.165) is 0 Å². The summed E-state index contributed by atoms with van der Waals surface area (Å²) < 4.78 is 10.5. The first-order valence-electron chi connectivity index (χ1n) is 6.78. The molecule has 0 aromatic heterocycles. The minimum Gasteiger partial charge on any atom is -0.488 e. The summed E-state index contributed by atoms with van der Waals surface area (Å²) in [5.74, 6) is -0.0536. The maximum atomic E-state index is 11.9. The molecule has 0 atom stereocenters. The van der Waals surface area contributed by atoms with Crippen molar-refractivity contribution in [1.82, 2.24) is 0 Å². The first-order valence-corrected chi connectivity index (χ1v) is 7.16. The van der Waals surface area contributed by atoms with Crippen LogP contribution in [0.1, 0.15) is 15.9 Å². The summed E-state index contributed by atoms with van der Waals surface area (Å²) >= 11 is 5.93. The Balaban J connectivity index is 1.87. The second-order valence-electron chi connectivity index (χ2n) is 4.67. The topological polar surface area (TPSA) is 78.7 Å². The minimum atomic E-state index is -0.564. The van der Waals surface area contributed by atoms with Crippen LogP contribution in [0, 0.1) is 17.0 Å². The number of rotatable bonds is 6. The number of para-hydroxylation sites is 1. The van der Waals surface area contributed by atoms with Crippen LogP contribution in [0.25, 0.3) is 0 Å². The highest BCUT2D eigenvalue weighted by Gasteiger charge is 2.14. The molecule has 23 heavy (non-hydrogen) atoms. The molecule has 0 spiro atoms. The highest BCUT2D eigenvalue weighted by molar-refractivity contribution is 6.32. The first-order chi connectivity index (χ1) is 11.0. The molecule has 0 radical (unpaired) electrons. The zero-order valence-electron chi connectivity index (χ0n) is 12.3. The summed E-state index contributed by atoms with van der Waals surface area (Å²) in [4.78, 5) is 22.1. The van der Waals surface area contributed by atoms with Crippen molar-refractivity contribution in [3.63, 3.8) is 0 Å². The van der Waals surface area contributed by atoms with Gasteiger partial charge in [-0.05, 0) is 31.2 Å². The number of hydrogen-bond acceptors (Lipinski definition) is 5. The average molecular weight is 336 g/mol. The Morgan fingerprint density at radius 3 is 2.61 bits per heavy atom. The van der Waals surface area contributed by atoms with E-state index >= 15 is 0 Å². The monoisotopic (exact) mass is 335 g/mol. The smallest absolute Gasteiger partial charge is 0.338 e. The fourth-order valence-electron chi connectivity index (χ4n) is 1.92. The number of nitrogens with zero attached hydrogens (tertiary/aromatic N) is 1. The van der Waals surface area contributed by atoms with Gasteiger partial charge in [-0.1, -0.05) is 23.7 Å². The molecule has 7 heteroatoms. The van der Waals surface area contributed by atoms with Gasteiger partial charge in [0, 0.05) is 11.6 Å². The van der Waals surface area contributed by atoms with E-state index in [1.807, 2.05) is 0 Å². The Hall–Kier alpha value is -2.60. The Morgan fingerprint density at radius 1 is 1.22 bits per heavy atom. The Kier molecular flexibility index (Phi) is 5.54.